The second kappa shape index (κ2) is 4.23. The molecule has 0 fully saturated rings. The molecule has 0 aliphatic carbocycles. The fourth-order valence-corrected chi connectivity index (χ4v) is 1.55. The van der Waals surface area contributed by atoms with Crippen LogP contribution in [0.5, 0.6) is 0 Å². The van der Waals surface area contributed by atoms with E-state index >= 15 is 0 Å². The number of hydrogen-bond acceptors (Lipinski definition) is 5. The number of aryl methyl sites for hydroxylation is 2. The number of hydrogen-bond donors (Lipinski definition) is 0. The Morgan fingerprint density at radius 3 is 2.46 bits per heavy atom. The van der Waals surface area contributed by atoms with Crippen molar-refractivity contribution < 1.29 is 9.90 Å². The Bertz CT molecular complexity index is 308. The molecule has 1 aromatic rings. The van der Waals surface area contributed by atoms with Crippen LogP contribution in [0, 0.1) is 13.8 Å². The summed E-state index contributed by atoms with van der Waals surface area (Å²) in [5.41, 5.74) is 1.68. The fourth-order valence-electron chi connectivity index (χ4n) is 0.882. The number of carboxylic acid groups (broad SMARTS) is 1. The van der Waals surface area contributed by atoms with Gasteiger partial charge in [-0.1, -0.05) is 11.8 Å². The van der Waals surface area contributed by atoms with Gasteiger partial charge in [-0.25, -0.2) is 9.97 Å². The highest BCUT2D eigenvalue weighted by atomic mass is 32.2. The van der Waals surface area contributed by atoms with Crippen molar-refractivity contribution in [2.45, 2.75) is 19.0 Å². The summed E-state index contributed by atoms with van der Waals surface area (Å²) >= 11 is 1.07. The molecule has 0 spiro atoms. The van der Waals surface area contributed by atoms with Crippen LogP contribution in [-0.4, -0.2) is 21.7 Å². The van der Waals surface area contributed by atoms with Crippen molar-refractivity contribution in [1.29, 1.82) is 0 Å². The van der Waals surface area contributed by atoms with Crippen LogP contribution in [-0.2, 0) is 4.79 Å². The maximum atomic E-state index is 10.2. The fraction of sp³-hybridized carbons (Fsp3) is 0.375. The lowest BCUT2D eigenvalue weighted by Gasteiger charge is -2.02. The van der Waals surface area contributed by atoms with E-state index in [2.05, 4.69) is 9.97 Å². The highest BCUT2D eigenvalue weighted by molar-refractivity contribution is 7.99. The zero-order valence-corrected chi connectivity index (χ0v) is 8.22. The minimum absolute atomic E-state index is 0.108. The van der Waals surface area contributed by atoms with E-state index in [9.17, 15) is 9.90 Å². The molecule has 0 saturated heterocycles. The molecule has 1 heterocycles. The first-order valence-corrected chi connectivity index (χ1v) is 4.71. The highest BCUT2D eigenvalue weighted by Crippen LogP contribution is 2.12. The molecule has 0 amide bonds. The van der Waals surface area contributed by atoms with Gasteiger partial charge in [0.1, 0.15) is 0 Å². The average Bonchev–Trinajstić information content (AvgIpc) is 1.99. The Balaban J connectivity index is 2.71. The lowest BCUT2D eigenvalue weighted by molar-refractivity contribution is -0.301. The van der Waals surface area contributed by atoms with Crippen molar-refractivity contribution in [2.75, 3.05) is 5.75 Å². The van der Waals surface area contributed by atoms with Crippen molar-refractivity contribution in [3.8, 4) is 0 Å². The molecule has 1 rings (SSSR count). The molecule has 0 atom stereocenters. The van der Waals surface area contributed by atoms with Crippen LogP contribution in [0.25, 0.3) is 0 Å². The third-order valence-corrected chi connectivity index (χ3v) is 2.10. The van der Waals surface area contributed by atoms with E-state index in [1.54, 1.807) is 0 Å². The Kier molecular flexibility index (Phi) is 3.25. The Labute approximate surface area is 80.4 Å². The summed E-state index contributed by atoms with van der Waals surface area (Å²) in [5.74, 6) is -1.21. The minimum Gasteiger partial charge on any atom is -0.549 e. The molecule has 0 aromatic carbocycles. The number of aliphatic carboxylic acids is 1. The lowest BCUT2D eigenvalue weighted by atomic mass is 10.4. The quantitative estimate of drug-likeness (QED) is 0.501. The van der Waals surface area contributed by atoms with Crippen LogP contribution >= 0.6 is 11.8 Å². The highest BCUT2D eigenvalue weighted by Gasteiger charge is 1.99. The first kappa shape index (κ1) is 9.98. The topological polar surface area (TPSA) is 65.9 Å². The molecule has 1 aromatic heterocycles. The monoisotopic (exact) mass is 197 g/mol. The van der Waals surface area contributed by atoms with Crippen molar-refractivity contribution in [3.05, 3.63) is 17.5 Å². The Morgan fingerprint density at radius 2 is 2.00 bits per heavy atom. The molecular weight excluding hydrogens is 188 g/mol. The molecule has 0 aliphatic heterocycles. The van der Waals surface area contributed by atoms with Crippen LogP contribution < -0.4 is 5.11 Å². The van der Waals surface area contributed by atoms with Crippen LogP contribution in [0.4, 0.5) is 0 Å². The van der Waals surface area contributed by atoms with Gasteiger partial charge in [0, 0.05) is 17.1 Å². The molecule has 0 radical (unpaired) electrons. The second-order valence-corrected chi connectivity index (χ2v) is 3.54. The molecule has 0 saturated carbocycles. The standard InChI is InChI=1S/C8H10N2O2S/c1-5-3-6(2)10-8(9-5)13-4-7(11)12/h3H,4H2,1-2H3,(H,11,12)/p-1. The van der Waals surface area contributed by atoms with Crippen LogP contribution in [0.2, 0.25) is 0 Å². The van der Waals surface area contributed by atoms with Gasteiger partial charge in [0.05, 0.1) is 5.97 Å². The summed E-state index contributed by atoms with van der Waals surface area (Å²) in [5, 5.41) is 10.6. The van der Waals surface area contributed by atoms with Crippen LogP contribution in [0.3, 0.4) is 0 Å². The summed E-state index contributed by atoms with van der Waals surface area (Å²) in [4.78, 5) is 18.3. The second-order valence-electron chi connectivity index (χ2n) is 2.59. The number of carbonyl (C=O) groups excluding carboxylic acids is 1. The zero-order chi connectivity index (χ0) is 9.84. The van der Waals surface area contributed by atoms with Gasteiger partial charge in [0.25, 0.3) is 0 Å². The molecule has 13 heavy (non-hydrogen) atoms. The van der Waals surface area contributed by atoms with E-state index in [1.165, 1.54) is 0 Å². The van der Waals surface area contributed by atoms with Gasteiger partial charge in [-0.15, -0.1) is 0 Å². The van der Waals surface area contributed by atoms with Gasteiger partial charge < -0.3 is 9.90 Å². The van der Waals surface area contributed by atoms with E-state index in [0.29, 0.717) is 5.16 Å². The molecule has 4 nitrogen and oxygen atoms in total. The lowest BCUT2D eigenvalue weighted by Crippen LogP contribution is -2.24. The minimum atomic E-state index is -1.10. The average molecular weight is 197 g/mol. The number of aromatic nitrogens is 2. The predicted molar refractivity (Wildman–Crippen MR) is 47.2 cm³/mol. The maximum absolute atomic E-state index is 10.2. The van der Waals surface area contributed by atoms with Gasteiger partial charge in [-0.05, 0) is 19.9 Å². The predicted octanol–water partition coefficient (Wildman–Crippen LogP) is -0.0646. The van der Waals surface area contributed by atoms with E-state index in [4.69, 9.17) is 0 Å². The van der Waals surface area contributed by atoms with Gasteiger partial charge in [-0.2, -0.15) is 0 Å². The summed E-state index contributed by atoms with van der Waals surface area (Å²) < 4.78 is 0. The maximum Gasteiger partial charge on any atom is 0.188 e. The smallest absolute Gasteiger partial charge is 0.188 e. The first-order chi connectivity index (χ1) is 6.08. The first-order valence-electron chi connectivity index (χ1n) is 3.73. The van der Waals surface area contributed by atoms with Crippen molar-refractivity contribution >= 4 is 17.7 Å². The number of thioether (sulfide) groups is 1. The number of carbonyl (C=O) groups is 1. The number of carboxylic acids is 1. The van der Waals surface area contributed by atoms with Gasteiger partial charge in [0.15, 0.2) is 5.16 Å². The molecular formula is C8H9N2O2S-. The van der Waals surface area contributed by atoms with Crippen LogP contribution in [0.1, 0.15) is 11.4 Å². The zero-order valence-electron chi connectivity index (χ0n) is 7.40. The van der Waals surface area contributed by atoms with E-state index in [0.717, 1.165) is 23.1 Å². The summed E-state index contributed by atoms with van der Waals surface area (Å²) in [6.45, 7) is 3.69. The molecule has 5 heteroatoms. The van der Waals surface area contributed by atoms with E-state index < -0.39 is 5.97 Å². The van der Waals surface area contributed by atoms with E-state index in [-0.39, 0.29) is 5.75 Å². The molecule has 0 aliphatic rings. The van der Waals surface area contributed by atoms with Crippen molar-refractivity contribution in [3.63, 3.8) is 0 Å². The molecule has 0 unspecified atom stereocenters. The largest absolute Gasteiger partial charge is 0.549 e. The Hall–Kier alpha value is -1.10. The van der Waals surface area contributed by atoms with Gasteiger partial charge in [-0.3, -0.25) is 0 Å². The number of rotatable bonds is 3. The Morgan fingerprint density at radius 1 is 1.46 bits per heavy atom. The van der Waals surface area contributed by atoms with Gasteiger partial charge in [0.2, 0.25) is 0 Å². The van der Waals surface area contributed by atoms with Gasteiger partial charge >= 0.3 is 0 Å². The van der Waals surface area contributed by atoms with E-state index in [1.807, 2.05) is 19.9 Å². The normalized spacial score (nSPS) is 10.0. The third kappa shape index (κ3) is 3.42. The van der Waals surface area contributed by atoms with Crippen LogP contribution in [0.15, 0.2) is 11.2 Å². The molecule has 0 bridgehead atoms. The summed E-state index contributed by atoms with van der Waals surface area (Å²) in [6.07, 6.45) is 0. The SMILES string of the molecule is Cc1cc(C)nc(SCC(=O)[O-])n1. The number of nitrogens with zero attached hydrogens (tertiary/aromatic N) is 2. The molecule has 0 N–H and O–H groups in total. The summed E-state index contributed by atoms with van der Waals surface area (Å²) in [6, 6.07) is 1.84. The summed E-state index contributed by atoms with van der Waals surface area (Å²) in [7, 11) is 0. The molecule has 70 valence electrons. The van der Waals surface area contributed by atoms with Crippen molar-refractivity contribution in [1.82, 2.24) is 9.97 Å². The van der Waals surface area contributed by atoms with Crippen molar-refractivity contribution in [2.24, 2.45) is 0 Å². The third-order valence-electron chi connectivity index (χ3n) is 1.28.